The van der Waals surface area contributed by atoms with Crippen molar-refractivity contribution in [1.82, 2.24) is 15.1 Å². The number of aryl methyl sites for hydroxylation is 2. The number of ether oxygens (including phenoxy) is 1. The molecule has 2 heterocycles. The zero-order valence-electron chi connectivity index (χ0n) is 17.5. The van der Waals surface area contributed by atoms with E-state index in [2.05, 4.69) is 28.5 Å². The van der Waals surface area contributed by atoms with E-state index in [1.807, 2.05) is 37.3 Å². The van der Waals surface area contributed by atoms with Crippen LogP contribution in [0.2, 0.25) is 0 Å². The van der Waals surface area contributed by atoms with Crippen LogP contribution in [0.3, 0.4) is 0 Å². The summed E-state index contributed by atoms with van der Waals surface area (Å²) in [6.45, 7) is 5.10. The summed E-state index contributed by atoms with van der Waals surface area (Å²) in [5, 5.41) is 23.8. The molecule has 0 bridgehead atoms. The van der Waals surface area contributed by atoms with Crippen LogP contribution >= 0.6 is 0 Å². The van der Waals surface area contributed by atoms with Gasteiger partial charge in [0.15, 0.2) is 5.82 Å². The number of likely N-dealkylation sites (tertiary alicyclic amines) is 1. The summed E-state index contributed by atoms with van der Waals surface area (Å²) in [6, 6.07) is 12.2. The van der Waals surface area contributed by atoms with Crippen LogP contribution in [0, 0.1) is 13.8 Å². The molecule has 30 heavy (non-hydrogen) atoms. The van der Waals surface area contributed by atoms with Crippen LogP contribution in [-0.2, 0) is 0 Å². The molecule has 0 aliphatic carbocycles. The Kier molecular flexibility index (Phi) is 5.44. The van der Waals surface area contributed by atoms with Crippen molar-refractivity contribution in [2.45, 2.75) is 32.7 Å². The van der Waals surface area contributed by atoms with E-state index in [4.69, 9.17) is 4.74 Å². The van der Waals surface area contributed by atoms with Gasteiger partial charge in [0.05, 0.1) is 7.11 Å². The monoisotopic (exact) mass is 406 g/mol. The van der Waals surface area contributed by atoms with Crippen LogP contribution in [0.5, 0.6) is 5.75 Å². The number of piperidine rings is 1. The Morgan fingerprint density at radius 3 is 2.83 bits per heavy atom. The minimum absolute atomic E-state index is 0.00706. The van der Waals surface area contributed by atoms with Crippen molar-refractivity contribution in [2.75, 3.05) is 25.5 Å². The molecule has 1 aromatic heterocycles. The minimum Gasteiger partial charge on any atom is -0.496 e. The Labute approximate surface area is 175 Å². The third-order valence-corrected chi connectivity index (χ3v) is 5.66. The van der Waals surface area contributed by atoms with Crippen molar-refractivity contribution in [3.63, 3.8) is 0 Å². The fourth-order valence-electron chi connectivity index (χ4n) is 4.13. The van der Waals surface area contributed by atoms with Gasteiger partial charge in [-0.05, 0) is 49.9 Å². The molecule has 2 N–H and O–H groups in total. The second-order valence-corrected chi connectivity index (χ2v) is 7.81. The molecule has 0 radical (unpaired) electrons. The summed E-state index contributed by atoms with van der Waals surface area (Å²) >= 11 is 0. The topological polar surface area (TPSA) is 87.6 Å². The summed E-state index contributed by atoms with van der Waals surface area (Å²) < 4.78 is 5.61. The summed E-state index contributed by atoms with van der Waals surface area (Å²) in [7, 11) is 1.66. The molecule has 0 spiro atoms. The molecule has 2 aromatic carbocycles. The van der Waals surface area contributed by atoms with E-state index in [0.717, 1.165) is 51.7 Å². The number of aromatic nitrogens is 2. The van der Waals surface area contributed by atoms with Crippen molar-refractivity contribution in [3.8, 4) is 17.0 Å². The van der Waals surface area contributed by atoms with Gasteiger partial charge in [-0.15, -0.1) is 10.2 Å². The molecule has 1 fully saturated rings. The molecule has 1 aliphatic heterocycles. The Hall–Kier alpha value is -3.35. The molecule has 7 heteroatoms. The number of nitrogens with one attached hydrogen (secondary N) is 1. The Morgan fingerprint density at radius 2 is 2.07 bits per heavy atom. The number of anilines is 1. The lowest BCUT2D eigenvalue weighted by atomic mass is 9.98. The summed E-state index contributed by atoms with van der Waals surface area (Å²) in [5.74, 6) is 1.44. The molecule has 7 nitrogen and oxygen atoms in total. The van der Waals surface area contributed by atoms with Gasteiger partial charge in [0.1, 0.15) is 11.4 Å². The number of carboxylic acid groups (broad SMARTS) is 1. The highest BCUT2D eigenvalue weighted by atomic mass is 16.5. The number of nitrogens with zero attached hydrogens (tertiary/aromatic N) is 3. The maximum Gasteiger partial charge on any atom is 0.407 e. The third-order valence-electron chi connectivity index (χ3n) is 5.66. The van der Waals surface area contributed by atoms with Crippen LogP contribution in [0.4, 0.5) is 10.6 Å². The van der Waals surface area contributed by atoms with Crippen LogP contribution in [0.1, 0.15) is 24.0 Å². The normalized spacial score (nSPS) is 16.5. The summed E-state index contributed by atoms with van der Waals surface area (Å²) in [5.41, 5.74) is 3.89. The number of amides is 1. The predicted octanol–water partition coefficient (Wildman–Crippen LogP) is 4.48. The number of fused-ring (bicyclic) bond motifs is 1. The molecule has 1 atom stereocenters. The Morgan fingerprint density at radius 1 is 1.23 bits per heavy atom. The lowest BCUT2D eigenvalue weighted by Crippen LogP contribution is -2.44. The average molecular weight is 406 g/mol. The van der Waals surface area contributed by atoms with Crippen LogP contribution in [0.25, 0.3) is 22.0 Å². The number of carbonyl (C=O) groups is 1. The standard InChI is InChI=1S/C23H26N4O3/c1-14-9-10-17(19(12-14)30-3)21-20-15(2)6-4-8-18(20)22(26-25-21)24-16-7-5-11-27(13-16)23(28)29/h4,6,8-10,12,16H,5,7,11,13H2,1-3H3,(H,24,26)(H,28,29)/t16-/m1/s1. The van der Waals surface area contributed by atoms with Gasteiger partial charge in [-0.2, -0.15) is 0 Å². The van der Waals surface area contributed by atoms with Crippen LogP contribution < -0.4 is 10.1 Å². The zero-order chi connectivity index (χ0) is 21.3. The van der Waals surface area contributed by atoms with Crippen LogP contribution in [-0.4, -0.2) is 52.5 Å². The van der Waals surface area contributed by atoms with E-state index >= 15 is 0 Å². The van der Waals surface area contributed by atoms with Gasteiger partial charge in [-0.25, -0.2) is 4.79 Å². The Balaban J connectivity index is 1.77. The quantitative estimate of drug-likeness (QED) is 0.664. The first-order valence-electron chi connectivity index (χ1n) is 10.1. The largest absolute Gasteiger partial charge is 0.496 e. The smallest absolute Gasteiger partial charge is 0.407 e. The van der Waals surface area contributed by atoms with Gasteiger partial charge in [-0.3, -0.25) is 0 Å². The number of methoxy groups -OCH3 is 1. The fraction of sp³-hybridized carbons (Fsp3) is 0.348. The summed E-state index contributed by atoms with van der Waals surface area (Å²) in [4.78, 5) is 12.8. The molecule has 0 saturated carbocycles. The second-order valence-electron chi connectivity index (χ2n) is 7.81. The SMILES string of the molecule is COc1cc(C)ccc1-c1nnc(N[C@@H]2CCCN(C(=O)O)C2)c2cccc(C)c12. The molecule has 1 amide bonds. The third kappa shape index (κ3) is 3.75. The number of rotatable bonds is 4. The van der Waals surface area contributed by atoms with Gasteiger partial charge in [0.25, 0.3) is 0 Å². The first-order chi connectivity index (χ1) is 14.5. The van der Waals surface area contributed by atoms with Gasteiger partial charge < -0.3 is 20.1 Å². The van der Waals surface area contributed by atoms with Crippen molar-refractivity contribution in [3.05, 3.63) is 47.5 Å². The first-order valence-corrected chi connectivity index (χ1v) is 10.1. The highest BCUT2D eigenvalue weighted by Crippen LogP contribution is 2.37. The van der Waals surface area contributed by atoms with E-state index in [0.29, 0.717) is 18.9 Å². The highest BCUT2D eigenvalue weighted by molar-refractivity contribution is 6.02. The fourth-order valence-corrected chi connectivity index (χ4v) is 4.13. The van der Waals surface area contributed by atoms with E-state index < -0.39 is 6.09 Å². The van der Waals surface area contributed by atoms with Crippen molar-refractivity contribution < 1.29 is 14.6 Å². The number of benzene rings is 2. The van der Waals surface area contributed by atoms with Gasteiger partial charge in [-0.1, -0.05) is 24.3 Å². The zero-order valence-corrected chi connectivity index (χ0v) is 17.5. The molecule has 3 aromatic rings. The van der Waals surface area contributed by atoms with Crippen molar-refractivity contribution >= 4 is 22.7 Å². The Bertz CT molecular complexity index is 1100. The highest BCUT2D eigenvalue weighted by Gasteiger charge is 2.24. The van der Waals surface area contributed by atoms with E-state index in [-0.39, 0.29) is 6.04 Å². The lowest BCUT2D eigenvalue weighted by Gasteiger charge is -2.31. The molecule has 156 valence electrons. The predicted molar refractivity (Wildman–Crippen MR) is 117 cm³/mol. The maximum atomic E-state index is 11.4. The molecule has 1 saturated heterocycles. The molecule has 1 aliphatic rings. The first kappa shape index (κ1) is 19.9. The lowest BCUT2D eigenvalue weighted by molar-refractivity contribution is 0.133. The average Bonchev–Trinajstić information content (AvgIpc) is 2.74. The molecule has 4 rings (SSSR count). The molecule has 0 unspecified atom stereocenters. The van der Waals surface area contributed by atoms with Gasteiger partial charge in [0.2, 0.25) is 0 Å². The summed E-state index contributed by atoms with van der Waals surface area (Å²) in [6.07, 6.45) is 0.842. The van der Waals surface area contributed by atoms with E-state index in [9.17, 15) is 9.90 Å². The molecular weight excluding hydrogens is 380 g/mol. The van der Waals surface area contributed by atoms with Crippen molar-refractivity contribution in [1.29, 1.82) is 0 Å². The minimum atomic E-state index is -0.880. The van der Waals surface area contributed by atoms with Crippen molar-refractivity contribution in [2.24, 2.45) is 0 Å². The molecular formula is C23H26N4O3. The number of hydrogen-bond acceptors (Lipinski definition) is 5. The van der Waals surface area contributed by atoms with Gasteiger partial charge in [0, 0.05) is 35.5 Å². The van der Waals surface area contributed by atoms with E-state index in [1.165, 1.54) is 4.90 Å². The van der Waals surface area contributed by atoms with Gasteiger partial charge >= 0.3 is 6.09 Å². The number of hydrogen-bond donors (Lipinski definition) is 2. The van der Waals surface area contributed by atoms with E-state index in [1.54, 1.807) is 7.11 Å². The maximum absolute atomic E-state index is 11.4. The van der Waals surface area contributed by atoms with Crippen LogP contribution in [0.15, 0.2) is 36.4 Å². The second kappa shape index (κ2) is 8.18.